The maximum atomic E-state index is 5.91. The van der Waals surface area contributed by atoms with Crippen molar-refractivity contribution in [2.75, 3.05) is 36.0 Å². The lowest BCUT2D eigenvalue weighted by Crippen LogP contribution is -2.40. The van der Waals surface area contributed by atoms with Crippen molar-refractivity contribution in [2.24, 2.45) is 4.99 Å². The molecule has 0 aromatic heterocycles. The van der Waals surface area contributed by atoms with Crippen molar-refractivity contribution in [2.45, 2.75) is 12.8 Å². The molecule has 0 bridgehead atoms. The molecule has 2 aromatic rings. The Morgan fingerprint density at radius 2 is 1.76 bits per heavy atom. The standard InChI is InChI=1S/C19H20ClN3O.BrH/c20-15-7-9-16(10-8-15)24-14-13-23-18-6-2-1-5-17(18)22-12-4-3-11-21-19(22)23;/h1-2,5-10H,3-4,11-14H2;1H. The van der Waals surface area contributed by atoms with E-state index in [-0.39, 0.29) is 17.0 Å². The molecule has 0 spiro atoms. The highest BCUT2D eigenvalue weighted by Crippen LogP contribution is 2.37. The Kier molecular flexibility index (Phi) is 5.86. The molecule has 2 aliphatic rings. The first-order valence-corrected chi connectivity index (χ1v) is 8.78. The Balaban J connectivity index is 0.00000182. The average Bonchev–Trinajstić information content (AvgIpc) is 2.76. The lowest BCUT2D eigenvalue weighted by molar-refractivity contribution is 0.328. The molecule has 0 saturated carbocycles. The first-order chi connectivity index (χ1) is 11.8. The monoisotopic (exact) mass is 421 g/mol. The van der Waals surface area contributed by atoms with Crippen LogP contribution >= 0.6 is 28.6 Å². The lowest BCUT2D eigenvalue weighted by atomic mass is 10.2. The SMILES string of the molecule is Br.Clc1ccc(OCCN2C3=NCCCCN3c3ccccc32)cc1. The Morgan fingerprint density at radius 1 is 1.00 bits per heavy atom. The summed E-state index contributed by atoms with van der Waals surface area (Å²) in [7, 11) is 0. The zero-order valence-corrected chi connectivity index (χ0v) is 16.4. The predicted molar refractivity (Wildman–Crippen MR) is 110 cm³/mol. The number of benzene rings is 2. The topological polar surface area (TPSA) is 28.1 Å². The Morgan fingerprint density at radius 3 is 2.56 bits per heavy atom. The molecule has 0 amide bonds. The molecule has 6 heteroatoms. The van der Waals surface area contributed by atoms with Gasteiger partial charge in [0.15, 0.2) is 0 Å². The molecule has 0 atom stereocenters. The fourth-order valence-corrected chi connectivity index (χ4v) is 3.37. The molecule has 0 fully saturated rings. The summed E-state index contributed by atoms with van der Waals surface area (Å²) in [5.41, 5.74) is 2.47. The third-order valence-electron chi connectivity index (χ3n) is 4.39. The van der Waals surface area contributed by atoms with Crippen LogP contribution in [0.5, 0.6) is 5.75 Å². The smallest absolute Gasteiger partial charge is 0.205 e. The van der Waals surface area contributed by atoms with E-state index in [1.54, 1.807) is 0 Å². The Labute approximate surface area is 163 Å². The summed E-state index contributed by atoms with van der Waals surface area (Å²) in [4.78, 5) is 9.43. The van der Waals surface area contributed by atoms with Crippen LogP contribution in [0.4, 0.5) is 11.4 Å². The number of hydrogen-bond donors (Lipinski definition) is 0. The minimum absolute atomic E-state index is 0. The van der Waals surface area contributed by atoms with E-state index in [0.29, 0.717) is 6.61 Å². The van der Waals surface area contributed by atoms with Crippen LogP contribution in [0.25, 0.3) is 0 Å². The van der Waals surface area contributed by atoms with Crippen molar-refractivity contribution in [1.29, 1.82) is 0 Å². The van der Waals surface area contributed by atoms with Crippen LogP contribution in [-0.2, 0) is 0 Å². The van der Waals surface area contributed by atoms with Crippen molar-refractivity contribution in [3.05, 3.63) is 53.6 Å². The fourth-order valence-electron chi connectivity index (χ4n) is 3.24. The van der Waals surface area contributed by atoms with E-state index in [0.717, 1.165) is 42.8 Å². The van der Waals surface area contributed by atoms with Crippen LogP contribution in [0, 0.1) is 0 Å². The van der Waals surface area contributed by atoms with Gasteiger partial charge in [0, 0.05) is 18.1 Å². The zero-order chi connectivity index (χ0) is 16.4. The largest absolute Gasteiger partial charge is 0.492 e. The van der Waals surface area contributed by atoms with Crippen LogP contribution in [-0.4, -0.2) is 32.2 Å². The molecule has 0 N–H and O–H groups in total. The number of para-hydroxylation sites is 2. The number of hydrogen-bond acceptors (Lipinski definition) is 4. The van der Waals surface area contributed by atoms with Crippen LogP contribution < -0.4 is 14.5 Å². The minimum Gasteiger partial charge on any atom is -0.492 e. The summed E-state index contributed by atoms with van der Waals surface area (Å²) in [5.74, 6) is 1.90. The molecular weight excluding hydrogens is 402 g/mol. The van der Waals surface area contributed by atoms with Crippen LogP contribution in [0.1, 0.15) is 12.8 Å². The van der Waals surface area contributed by atoms with E-state index in [4.69, 9.17) is 21.3 Å². The van der Waals surface area contributed by atoms with E-state index in [2.05, 4.69) is 34.1 Å². The number of aliphatic imine (C=N–C) groups is 1. The van der Waals surface area contributed by atoms with Crippen LogP contribution in [0.3, 0.4) is 0 Å². The number of anilines is 2. The summed E-state index contributed by atoms with van der Waals surface area (Å²) in [6.45, 7) is 3.30. The van der Waals surface area contributed by atoms with Gasteiger partial charge < -0.3 is 14.5 Å². The number of guanidine groups is 1. The fraction of sp³-hybridized carbons (Fsp3) is 0.316. The van der Waals surface area contributed by atoms with Gasteiger partial charge in [-0.15, -0.1) is 17.0 Å². The van der Waals surface area contributed by atoms with Gasteiger partial charge in [-0.25, -0.2) is 0 Å². The zero-order valence-electron chi connectivity index (χ0n) is 13.9. The molecule has 25 heavy (non-hydrogen) atoms. The molecule has 0 radical (unpaired) electrons. The normalized spacial score (nSPS) is 15.6. The number of ether oxygens (including phenoxy) is 1. The van der Waals surface area contributed by atoms with Gasteiger partial charge in [0.05, 0.1) is 17.9 Å². The number of fused-ring (bicyclic) bond motifs is 3. The molecule has 4 rings (SSSR count). The van der Waals surface area contributed by atoms with Crippen molar-refractivity contribution in [3.8, 4) is 5.75 Å². The molecule has 132 valence electrons. The van der Waals surface area contributed by atoms with Crippen molar-refractivity contribution in [1.82, 2.24) is 0 Å². The quantitative estimate of drug-likeness (QED) is 0.710. The molecule has 0 unspecified atom stereocenters. The Bertz CT molecular complexity index is 751. The summed E-state index contributed by atoms with van der Waals surface area (Å²) < 4.78 is 5.88. The molecule has 2 heterocycles. The predicted octanol–water partition coefficient (Wildman–Crippen LogP) is 4.77. The van der Waals surface area contributed by atoms with Gasteiger partial charge in [0.25, 0.3) is 0 Å². The molecular formula is C19H21BrClN3O. The first-order valence-electron chi connectivity index (χ1n) is 8.40. The van der Waals surface area contributed by atoms with Crippen LogP contribution in [0.2, 0.25) is 5.02 Å². The number of halogens is 2. The summed E-state index contributed by atoms with van der Waals surface area (Å²) in [6, 6.07) is 16.0. The van der Waals surface area contributed by atoms with E-state index >= 15 is 0 Å². The molecule has 2 aromatic carbocycles. The van der Waals surface area contributed by atoms with E-state index in [1.807, 2.05) is 24.3 Å². The van der Waals surface area contributed by atoms with E-state index in [9.17, 15) is 0 Å². The third-order valence-corrected chi connectivity index (χ3v) is 4.64. The highest BCUT2D eigenvalue weighted by atomic mass is 79.9. The van der Waals surface area contributed by atoms with E-state index < -0.39 is 0 Å². The van der Waals surface area contributed by atoms with Crippen LogP contribution in [0.15, 0.2) is 53.5 Å². The second-order valence-corrected chi connectivity index (χ2v) is 6.42. The Hall–Kier alpha value is -1.72. The molecule has 2 aliphatic heterocycles. The maximum absolute atomic E-state index is 5.91. The highest BCUT2D eigenvalue weighted by molar-refractivity contribution is 8.93. The second kappa shape index (κ2) is 8.11. The highest BCUT2D eigenvalue weighted by Gasteiger charge is 2.32. The molecule has 0 saturated heterocycles. The molecule has 4 nitrogen and oxygen atoms in total. The van der Waals surface area contributed by atoms with Gasteiger partial charge in [-0.3, -0.25) is 4.99 Å². The maximum Gasteiger partial charge on any atom is 0.205 e. The minimum atomic E-state index is 0. The van der Waals surface area contributed by atoms with Gasteiger partial charge in [-0.05, 0) is 49.2 Å². The third kappa shape index (κ3) is 3.77. The van der Waals surface area contributed by atoms with Gasteiger partial charge in [0.1, 0.15) is 12.4 Å². The average molecular weight is 423 g/mol. The van der Waals surface area contributed by atoms with Crippen molar-refractivity contribution < 1.29 is 4.74 Å². The lowest BCUT2D eigenvalue weighted by Gasteiger charge is -2.22. The van der Waals surface area contributed by atoms with E-state index in [1.165, 1.54) is 17.8 Å². The van der Waals surface area contributed by atoms with Gasteiger partial charge in [0.2, 0.25) is 5.96 Å². The molecule has 0 aliphatic carbocycles. The summed E-state index contributed by atoms with van der Waals surface area (Å²) in [5, 5.41) is 0.722. The summed E-state index contributed by atoms with van der Waals surface area (Å²) in [6.07, 6.45) is 2.33. The number of rotatable bonds is 4. The second-order valence-electron chi connectivity index (χ2n) is 5.98. The first kappa shape index (κ1) is 18.1. The van der Waals surface area contributed by atoms with Crippen molar-refractivity contribution >= 4 is 45.9 Å². The van der Waals surface area contributed by atoms with Gasteiger partial charge >= 0.3 is 0 Å². The van der Waals surface area contributed by atoms with Gasteiger partial charge in [-0.1, -0.05) is 23.7 Å². The number of nitrogens with zero attached hydrogens (tertiary/aromatic N) is 3. The van der Waals surface area contributed by atoms with Crippen molar-refractivity contribution in [3.63, 3.8) is 0 Å². The summed E-state index contributed by atoms with van der Waals surface area (Å²) >= 11 is 5.91. The van der Waals surface area contributed by atoms with Gasteiger partial charge in [-0.2, -0.15) is 0 Å².